The molecule has 1 aromatic heterocycles. The van der Waals surface area contributed by atoms with Crippen molar-refractivity contribution in [2.75, 3.05) is 0 Å². The molecule has 96 valence electrons. The average Bonchev–Trinajstić information content (AvgIpc) is 2.72. The normalized spacial score (nSPS) is 11.2. The highest BCUT2D eigenvalue weighted by Gasteiger charge is 2.12. The topological polar surface area (TPSA) is 38.1 Å². The summed E-state index contributed by atoms with van der Waals surface area (Å²) in [5.41, 5.74) is 1.46. The molecule has 0 saturated carbocycles. The zero-order valence-corrected chi connectivity index (χ0v) is 11.8. The third-order valence-corrected chi connectivity index (χ3v) is 2.90. The number of nitrogens with one attached hydrogen (secondary N) is 1. The summed E-state index contributed by atoms with van der Waals surface area (Å²) in [6.45, 7) is 4.70. The minimum Gasteiger partial charge on any atom is -0.443 e. The Hall–Kier alpha value is -1.20. The Morgan fingerprint density at radius 1 is 1.39 bits per heavy atom. The van der Waals surface area contributed by atoms with E-state index in [0.29, 0.717) is 28.4 Å². The van der Waals surface area contributed by atoms with Gasteiger partial charge < -0.3 is 9.73 Å². The van der Waals surface area contributed by atoms with Crippen LogP contribution in [-0.2, 0) is 6.54 Å². The lowest BCUT2D eigenvalue weighted by molar-refractivity contribution is 0.561. The predicted molar refractivity (Wildman–Crippen MR) is 71.6 cm³/mol. The Morgan fingerprint density at radius 3 is 2.83 bits per heavy atom. The first-order valence-electron chi connectivity index (χ1n) is 5.68. The molecule has 0 bridgehead atoms. The molecule has 5 heteroatoms. The van der Waals surface area contributed by atoms with Gasteiger partial charge in [-0.2, -0.15) is 0 Å². The molecule has 2 aromatic rings. The number of benzene rings is 1. The predicted octanol–water partition coefficient (Wildman–Crippen LogP) is 3.74. The van der Waals surface area contributed by atoms with Gasteiger partial charge in [0.05, 0.1) is 0 Å². The summed E-state index contributed by atoms with van der Waals surface area (Å²) < 4.78 is 19.4. The largest absolute Gasteiger partial charge is 0.443 e. The van der Waals surface area contributed by atoms with E-state index < -0.39 is 0 Å². The molecule has 0 aliphatic carbocycles. The van der Waals surface area contributed by atoms with Gasteiger partial charge in [0.25, 0.3) is 0 Å². The van der Waals surface area contributed by atoms with Crippen LogP contribution in [-0.4, -0.2) is 11.0 Å². The average molecular weight is 313 g/mol. The van der Waals surface area contributed by atoms with E-state index in [0.717, 1.165) is 5.69 Å². The van der Waals surface area contributed by atoms with E-state index in [1.54, 1.807) is 0 Å². The van der Waals surface area contributed by atoms with E-state index in [-0.39, 0.29) is 5.82 Å². The first-order valence-corrected chi connectivity index (χ1v) is 6.48. The van der Waals surface area contributed by atoms with Crippen LogP contribution < -0.4 is 5.32 Å². The molecule has 2 rings (SSSR count). The summed E-state index contributed by atoms with van der Waals surface area (Å²) in [6, 6.07) is 5.01. The molecule has 0 fully saturated rings. The van der Waals surface area contributed by atoms with Gasteiger partial charge in [0.15, 0.2) is 12.2 Å². The van der Waals surface area contributed by atoms with Gasteiger partial charge in [-0.25, -0.2) is 9.37 Å². The van der Waals surface area contributed by atoms with Gasteiger partial charge in [0.1, 0.15) is 11.5 Å². The molecule has 0 aliphatic heterocycles. The highest BCUT2D eigenvalue weighted by atomic mass is 79.9. The molecule has 0 unspecified atom stereocenters. The smallest absolute Gasteiger partial charge is 0.181 e. The summed E-state index contributed by atoms with van der Waals surface area (Å²) in [6.07, 6.45) is 1.38. The SMILES string of the molecule is CC(C)NCc1ncoc1-c1cc(F)cc(Br)c1. The van der Waals surface area contributed by atoms with Crippen molar-refractivity contribution >= 4 is 15.9 Å². The molecule has 0 saturated heterocycles. The number of hydrogen-bond donors (Lipinski definition) is 1. The molecule has 1 N–H and O–H groups in total. The molecule has 18 heavy (non-hydrogen) atoms. The molecular formula is C13H14BrFN2O. The van der Waals surface area contributed by atoms with Gasteiger partial charge in [0, 0.05) is 22.6 Å². The fraction of sp³-hybridized carbons (Fsp3) is 0.308. The zero-order chi connectivity index (χ0) is 13.1. The maximum absolute atomic E-state index is 13.4. The monoisotopic (exact) mass is 312 g/mol. The second-order valence-corrected chi connectivity index (χ2v) is 5.24. The van der Waals surface area contributed by atoms with Crippen molar-refractivity contribution in [2.45, 2.75) is 26.4 Å². The Morgan fingerprint density at radius 2 is 2.17 bits per heavy atom. The minimum absolute atomic E-state index is 0.307. The standard InChI is InChI=1S/C13H14BrFN2O/c1-8(2)16-6-12-13(18-7-17-12)9-3-10(14)5-11(15)4-9/h3-5,7-8,16H,6H2,1-2H3. The molecule has 1 heterocycles. The first-order chi connectivity index (χ1) is 8.56. The Bertz CT molecular complexity index is 519. The quantitative estimate of drug-likeness (QED) is 0.934. The summed E-state index contributed by atoms with van der Waals surface area (Å²) in [5, 5.41) is 3.26. The van der Waals surface area contributed by atoms with Crippen LogP contribution in [0.3, 0.4) is 0 Å². The summed E-state index contributed by atoms with van der Waals surface area (Å²) >= 11 is 3.27. The van der Waals surface area contributed by atoms with E-state index in [2.05, 4.69) is 40.1 Å². The molecular weight excluding hydrogens is 299 g/mol. The molecule has 1 aromatic carbocycles. The van der Waals surface area contributed by atoms with Crippen LogP contribution in [0, 0.1) is 5.82 Å². The van der Waals surface area contributed by atoms with Crippen LogP contribution in [0.25, 0.3) is 11.3 Å². The summed E-state index contributed by atoms with van der Waals surface area (Å²) in [7, 11) is 0. The summed E-state index contributed by atoms with van der Waals surface area (Å²) in [4.78, 5) is 4.16. The third-order valence-electron chi connectivity index (χ3n) is 2.44. The van der Waals surface area contributed by atoms with Gasteiger partial charge in [-0.1, -0.05) is 29.8 Å². The van der Waals surface area contributed by atoms with Crippen LogP contribution in [0.15, 0.2) is 33.5 Å². The first kappa shape index (κ1) is 13.2. The van der Waals surface area contributed by atoms with Gasteiger partial charge in [-0.3, -0.25) is 0 Å². The number of nitrogens with zero attached hydrogens (tertiary/aromatic N) is 1. The van der Waals surface area contributed by atoms with Crippen molar-refractivity contribution in [1.82, 2.24) is 10.3 Å². The van der Waals surface area contributed by atoms with Crippen molar-refractivity contribution in [3.05, 3.63) is 40.6 Å². The van der Waals surface area contributed by atoms with Gasteiger partial charge in [-0.05, 0) is 18.2 Å². The fourth-order valence-corrected chi connectivity index (χ4v) is 2.08. The summed E-state index contributed by atoms with van der Waals surface area (Å²) in [5.74, 6) is 0.293. The minimum atomic E-state index is -0.307. The number of aromatic nitrogens is 1. The number of hydrogen-bond acceptors (Lipinski definition) is 3. The van der Waals surface area contributed by atoms with Crippen LogP contribution in [0.2, 0.25) is 0 Å². The fourth-order valence-electron chi connectivity index (χ4n) is 1.62. The van der Waals surface area contributed by atoms with Crippen molar-refractivity contribution in [3.63, 3.8) is 0 Å². The van der Waals surface area contributed by atoms with Crippen LogP contribution >= 0.6 is 15.9 Å². The molecule has 0 radical (unpaired) electrons. The Kier molecular flexibility index (Phi) is 4.14. The van der Waals surface area contributed by atoms with Crippen molar-refractivity contribution < 1.29 is 8.81 Å². The second-order valence-electron chi connectivity index (χ2n) is 4.32. The molecule has 0 atom stereocenters. The zero-order valence-electron chi connectivity index (χ0n) is 10.2. The second kappa shape index (κ2) is 5.63. The molecule has 0 amide bonds. The molecule has 3 nitrogen and oxygen atoms in total. The van der Waals surface area contributed by atoms with Gasteiger partial charge in [0.2, 0.25) is 0 Å². The van der Waals surface area contributed by atoms with E-state index in [9.17, 15) is 4.39 Å². The van der Waals surface area contributed by atoms with Crippen LogP contribution in [0.1, 0.15) is 19.5 Å². The highest BCUT2D eigenvalue weighted by Crippen LogP contribution is 2.27. The number of oxazole rings is 1. The third kappa shape index (κ3) is 3.17. The lowest BCUT2D eigenvalue weighted by atomic mass is 10.1. The van der Waals surface area contributed by atoms with Crippen molar-refractivity contribution in [1.29, 1.82) is 0 Å². The number of halogens is 2. The van der Waals surface area contributed by atoms with Crippen LogP contribution in [0.5, 0.6) is 0 Å². The van der Waals surface area contributed by atoms with E-state index >= 15 is 0 Å². The van der Waals surface area contributed by atoms with Crippen molar-refractivity contribution in [2.24, 2.45) is 0 Å². The maximum Gasteiger partial charge on any atom is 0.181 e. The van der Waals surface area contributed by atoms with Gasteiger partial charge in [-0.15, -0.1) is 0 Å². The maximum atomic E-state index is 13.4. The molecule has 0 aliphatic rings. The number of rotatable bonds is 4. The highest BCUT2D eigenvalue weighted by molar-refractivity contribution is 9.10. The van der Waals surface area contributed by atoms with Gasteiger partial charge >= 0.3 is 0 Å². The van der Waals surface area contributed by atoms with E-state index in [1.807, 2.05) is 6.07 Å². The van der Waals surface area contributed by atoms with Crippen LogP contribution in [0.4, 0.5) is 4.39 Å². The van der Waals surface area contributed by atoms with Crippen molar-refractivity contribution in [3.8, 4) is 11.3 Å². The van der Waals surface area contributed by atoms with E-state index in [4.69, 9.17) is 4.42 Å². The Balaban J connectivity index is 2.30. The van der Waals surface area contributed by atoms with E-state index in [1.165, 1.54) is 18.5 Å². The lowest BCUT2D eigenvalue weighted by Gasteiger charge is -2.07. The molecule has 0 spiro atoms. The lowest BCUT2D eigenvalue weighted by Crippen LogP contribution is -2.22. The Labute approximate surface area is 114 Å².